The van der Waals surface area contributed by atoms with Gasteiger partial charge in [-0.2, -0.15) is 0 Å². The van der Waals surface area contributed by atoms with Gasteiger partial charge in [0.1, 0.15) is 11.3 Å². The molecule has 2 saturated heterocycles. The van der Waals surface area contributed by atoms with E-state index in [1.54, 1.807) is 24.3 Å². The number of hydrogen-bond donors (Lipinski definition) is 4. The fourth-order valence-corrected chi connectivity index (χ4v) is 6.22. The number of nitrogens with zero attached hydrogens (tertiary/aromatic N) is 2. The molecule has 2 fully saturated rings. The van der Waals surface area contributed by atoms with Gasteiger partial charge in [-0.1, -0.05) is 12.1 Å². The highest BCUT2D eigenvalue weighted by Crippen LogP contribution is 2.36. The van der Waals surface area contributed by atoms with E-state index >= 15 is 0 Å². The molecule has 3 heterocycles. The Bertz CT molecular complexity index is 1280. The number of amides is 1. The Morgan fingerprint density at radius 2 is 1.81 bits per heavy atom. The van der Waals surface area contributed by atoms with Crippen molar-refractivity contribution in [3.8, 4) is 5.75 Å². The van der Waals surface area contributed by atoms with Crippen molar-refractivity contribution >= 4 is 26.6 Å². The number of pyridine rings is 1. The van der Waals surface area contributed by atoms with E-state index < -0.39 is 27.4 Å². The van der Waals surface area contributed by atoms with E-state index in [0.29, 0.717) is 30.3 Å². The Balaban J connectivity index is 1.45. The number of aromatic nitrogens is 1. The molecule has 2 aromatic rings. The fourth-order valence-electron chi connectivity index (χ4n) is 5.73. The Morgan fingerprint density at radius 1 is 1.17 bits per heavy atom. The Hall–Kier alpha value is -2.47. The van der Waals surface area contributed by atoms with E-state index in [0.717, 1.165) is 19.1 Å². The van der Waals surface area contributed by atoms with Crippen molar-refractivity contribution in [2.45, 2.75) is 69.8 Å². The van der Waals surface area contributed by atoms with Crippen molar-refractivity contribution in [1.29, 1.82) is 0 Å². The highest BCUT2D eigenvalue weighted by molar-refractivity contribution is 7.90. The largest absolute Gasteiger partial charge is 0.506 e. The predicted octanol–water partition coefficient (Wildman–Crippen LogP) is 0.966. The molecule has 4 atom stereocenters. The summed E-state index contributed by atoms with van der Waals surface area (Å²) in [5.74, 6) is -1.04. The summed E-state index contributed by atoms with van der Waals surface area (Å²) in [7, 11) is -3.15. The number of aliphatic hydroxyl groups is 1. The van der Waals surface area contributed by atoms with Gasteiger partial charge in [-0.05, 0) is 51.7 Å². The Kier molecular flexibility index (Phi) is 7.75. The molecular formula is C25H36N4O6S. The fraction of sp³-hybridized carbons (Fsp3) is 0.600. The van der Waals surface area contributed by atoms with Crippen LogP contribution < -0.4 is 16.2 Å². The van der Waals surface area contributed by atoms with Crippen LogP contribution in [0.5, 0.6) is 5.75 Å². The zero-order valence-corrected chi connectivity index (χ0v) is 21.8. The third-order valence-electron chi connectivity index (χ3n) is 7.22. The summed E-state index contributed by atoms with van der Waals surface area (Å²) in [4.78, 5) is 28.8. The summed E-state index contributed by atoms with van der Waals surface area (Å²) in [5, 5.41) is 27.5. The number of piperidine rings is 1. The zero-order chi connectivity index (χ0) is 26.2. The van der Waals surface area contributed by atoms with Crippen LogP contribution in [0.2, 0.25) is 0 Å². The molecule has 1 aromatic heterocycles. The second kappa shape index (κ2) is 10.5. The molecule has 36 heavy (non-hydrogen) atoms. The van der Waals surface area contributed by atoms with Crippen LogP contribution in [0.3, 0.4) is 0 Å². The molecule has 2 aliphatic rings. The van der Waals surface area contributed by atoms with E-state index in [9.17, 15) is 28.2 Å². The smallest absolute Gasteiger partial charge is 0.267 e. The molecular weight excluding hydrogens is 484 g/mol. The standard InChI is InChI=1S/C25H36N4O6S/c1-15(2)29-21-7-5-4-6-20(21)23(31)22(25(29)33)24(32)27-16-10-17-8-9-18(11-16)28(17)13-19(30)12-26-14-36(3,34)35/h4-7,15-19,26,30-31H,8-14H2,1-3H3,(H,27,32)/t16?,17-,18+,19?. The quantitative estimate of drug-likeness (QED) is 0.383. The first-order valence-electron chi connectivity index (χ1n) is 12.5. The minimum atomic E-state index is -3.15. The molecule has 0 spiro atoms. The van der Waals surface area contributed by atoms with Crippen LogP contribution in [0.1, 0.15) is 55.9 Å². The van der Waals surface area contributed by atoms with Crippen molar-refractivity contribution < 1.29 is 23.4 Å². The van der Waals surface area contributed by atoms with Crippen LogP contribution in [0.15, 0.2) is 29.1 Å². The van der Waals surface area contributed by atoms with Crippen LogP contribution in [-0.2, 0) is 9.84 Å². The number of nitrogens with one attached hydrogen (secondary N) is 2. The maximum atomic E-state index is 13.3. The third-order valence-corrected chi connectivity index (χ3v) is 7.95. The Morgan fingerprint density at radius 3 is 2.42 bits per heavy atom. The van der Waals surface area contributed by atoms with E-state index in [-0.39, 0.29) is 47.9 Å². The van der Waals surface area contributed by atoms with Crippen molar-refractivity contribution in [2.75, 3.05) is 25.2 Å². The molecule has 198 valence electrons. The van der Waals surface area contributed by atoms with E-state index in [2.05, 4.69) is 15.5 Å². The minimum absolute atomic E-state index is 0.149. The van der Waals surface area contributed by atoms with Gasteiger partial charge in [-0.15, -0.1) is 0 Å². The van der Waals surface area contributed by atoms with Crippen molar-refractivity contribution in [1.82, 2.24) is 20.1 Å². The topological polar surface area (TPSA) is 141 Å². The minimum Gasteiger partial charge on any atom is -0.506 e. The summed E-state index contributed by atoms with van der Waals surface area (Å²) in [6.45, 7) is 4.35. The van der Waals surface area contributed by atoms with Gasteiger partial charge in [0.05, 0.1) is 17.5 Å². The maximum Gasteiger partial charge on any atom is 0.267 e. The average molecular weight is 521 g/mol. The van der Waals surface area contributed by atoms with Crippen LogP contribution in [0.4, 0.5) is 0 Å². The van der Waals surface area contributed by atoms with Gasteiger partial charge < -0.3 is 25.4 Å². The number of aliphatic hydroxyl groups excluding tert-OH is 1. The lowest BCUT2D eigenvalue weighted by Crippen LogP contribution is -2.53. The van der Waals surface area contributed by atoms with Gasteiger partial charge >= 0.3 is 0 Å². The number of aromatic hydroxyl groups is 1. The van der Waals surface area contributed by atoms with Gasteiger partial charge in [0.2, 0.25) is 0 Å². The molecule has 10 nitrogen and oxygen atoms in total. The molecule has 0 saturated carbocycles. The molecule has 4 rings (SSSR count). The van der Waals surface area contributed by atoms with Crippen molar-refractivity contribution in [3.63, 3.8) is 0 Å². The first-order valence-corrected chi connectivity index (χ1v) is 14.5. The molecule has 2 bridgehead atoms. The number of fused-ring (bicyclic) bond motifs is 3. The summed E-state index contributed by atoms with van der Waals surface area (Å²) >= 11 is 0. The second-order valence-electron chi connectivity index (χ2n) is 10.4. The second-order valence-corrected chi connectivity index (χ2v) is 12.6. The predicted molar refractivity (Wildman–Crippen MR) is 138 cm³/mol. The highest BCUT2D eigenvalue weighted by atomic mass is 32.2. The van der Waals surface area contributed by atoms with Crippen LogP contribution >= 0.6 is 0 Å². The number of para-hydroxylation sites is 1. The van der Waals surface area contributed by atoms with Crippen LogP contribution in [0.25, 0.3) is 10.9 Å². The van der Waals surface area contributed by atoms with Crippen molar-refractivity contribution in [3.05, 3.63) is 40.2 Å². The summed E-state index contributed by atoms with van der Waals surface area (Å²) in [6.07, 6.45) is 3.69. The number of rotatable bonds is 9. The summed E-state index contributed by atoms with van der Waals surface area (Å²) in [6, 6.07) is 7.04. The van der Waals surface area contributed by atoms with E-state index in [4.69, 9.17) is 0 Å². The first-order chi connectivity index (χ1) is 17.0. The maximum absolute atomic E-state index is 13.3. The molecule has 0 radical (unpaired) electrons. The van der Waals surface area contributed by atoms with Gasteiger partial charge in [-0.25, -0.2) is 8.42 Å². The number of sulfone groups is 1. The lowest BCUT2D eigenvalue weighted by Gasteiger charge is -2.40. The van der Waals surface area contributed by atoms with Gasteiger partial charge in [0, 0.05) is 48.9 Å². The molecule has 2 unspecified atom stereocenters. The van der Waals surface area contributed by atoms with Crippen molar-refractivity contribution in [2.24, 2.45) is 0 Å². The van der Waals surface area contributed by atoms with Gasteiger partial charge in [0.15, 0.2) is 9.84 Å². The summed E-state index contributed by atoms with van der Waals surface area (Å²) in [5.41, 5.74) is -0.157. The lowest BCUT2D eigenvalue weighted by atomic mass is 9.96. The molecule has 1 aromatic carbocycles. The third kappa shape index (κ3) is 5.59. The molecule has 2 aliphatic heterocycles. The first kappa shape index (κ1) is 26.6. The molecule has 1 amide bonds. The normalized spacial score (nSPS) is 23.3. The average Bonchev–Trinajstić information content (AvgIpc) is 3.00. The lowest BCUT2D eigenvalue weighted by molar-refractivity contribution is 0.0508. The zero-order valence-electron chi connectivity index (χ0n) is 21.0. The van der Waals surface area contributed by atoms with Gasteiger partial charge in [0.25, 0.3) is 11.5 Å². The summed E-state index contributed by atoms with van der Waals surface area (Å²) < 4.78 is 24.1. The van der Waals surface area contributed by atoms with Gasteiger partial charge in [-0.3, -0.25) is 14.5 Å². The number of benzene rings is 1. The number of carbonyl (C=O) groups excluding carboxylic acids is 1. The van der Waals surface area contributed by atoms with Crippen LogP contribution in [-0.4, -0.2) is 83.5 Å². The van der Waals surface area contributed by atoms with Crippen LogP contribution in [0, 0.1) is 0 Å². The van der Waals surface area contributed by atoms with E-state index in [1.165, 1.54) is 4.57 Å². The molecule has 11 heteroatoms. The monoisotopic (exact) mass is 520 g/mol. The number of carbonyl (C=O) groups is 1. The SMILES string of the molecule is CC(C)n1c(=O)c(C(=O)NC2C[C@H]3CC[C@@H](C2)N3CC(O)CNCS(C)(=O)=O)c(O)c2ccccc21. The molecule has 4 N–H and O–H groups in total. The van der Waals surface area contributed by atoms with E-state index in [1.807, 2.05) is 13.8 Å². The highest BCUT2D eigenvalue weighted by Gasteiger charge is 2.42. The Labute approximate surface area is 211 Å². The molecule has 0 aliphatic carbocycles. The number of hydrogen-bond acceptors (Lipinski definition) is 8.